The minimum atomic E-state index is 0.328. The van der Waals surface area contributed by atoms with Crippen molar-refractivity contribution in [2.24, 2.45) is 4.99 Å². The fourth-order valence-corrected chi connectivity index (χ4v) is 2.73. The Hall–Kier alpha value is -0.960. The van der Waals surface area contributed by atoms with Crippen LogP contribution in [0.2, 0.25) is 0 Å². The Kier molecular flexibility index (Phi) is 2.74. The molecule has 3 heteroatoms. The van der Waals surface area contributed by atoms with Crippen LogP contribution >= 0.6 is 11.8 Å². The summed E-state index contributed by atoms with van der Waals surface area (Å²) in [4.78, 5) is 4.63. The number of rotatable bonds is 1. The molecule has 1 aliphatic heterocycles. The first-order chi connectivity index (χ1) is 7.08. The first-order valence-electron chi connectivity index (χ1n) is 5.11. The van der Waals surface area contributed by atoms with Crippen LogP contribution in [-0.4, -0.2) is 10.8 Å². The third kappa shape index (κ3) is 2.02. The normalized spacial score (nSPS) is 20.5. The first-order valence-corrected chi connectivity index (χ1v) is 6.10. The Morgan fingerprint density at radius 3 is 2.60 bits per heavy atom. The average molecular weight is 220 g/mol. The molecule has 0 aliphatic carbocycles. The molecular weight excluding hydrogens is 204 g/mol. The predicted octanol–water partition coefficient (Wildman–Crippen LogP) is 3.09. The molecule has 2 N–H and O–H groups in total. The lowest BCUT2D eigenvalue weighted by atomic mass is 9.99. The molecule has 0 amide bonds. The van der Waals surface area contributed by atoms with Crippen molar-refractivity contribution in [1.29, 1.82) is 0 Å². The van der Waals surface area contributed by atoms with Gasteiger partial charge in [0.2, 0.25) is 0 Å². The van der Waals surface area contributed by atoms with Gasteiger partial charge in [-0.05, 0) is 43.5 Å². The Labute approximate surface area is 95.0 Å². The summed E-state index contributed by atoms with van der Waals surface area (Å²) in [6.45, 7) is 6.24. The number of anilines is 1. The molecule has 0 bridgehead atoms. The predicted molar refractivity (Wildman–Crippen MR) is 68.6 cm³/mol. The van der Waals surface area contributed by atoms with Gasteiger partial charge < -0.3 is 5.73 Å². The van der Waals surface area contributed by atoms with Gasteiger partial charge in [0.15, 0.2) is 0 Å². The van der Waals surface area contributed by atoms with Crippen LogP contribution < -0.4 is 5.73 Å². The summed E-state index contributed by atoms with van der Waals surface area (Å²) < 4.78 is 0. The zero-order chi connectivity index (χ0) is 11.0. The van der Waals surface area contributed by atoms with Crippen LogP contribution in [0.3, 0.4) is 0 Å². The fourth-order valence-electron chi connectivity index (χ4n) is 1.87. The molecule has 1 aromatic rings. The number of benzene rings is 1. The lowest BCUT2D eigenvalue weighted by Gasteiger charge is -2.13. The maximum atomic E-state index is 5.87. The van der Waals surface area contributed by atoms with Gasteiger partial charge in [0.05, 0.1) is 11.1 Å². The molecule has 15 heavy (non-hydrogen) atoms. The highest BCUT2D eigenvalue weighted by Gasteiger charge is 2.19. The molecule has 2 nitrogen and oxygen atoms in total. The highest BCUT2D eigenvalue weighted by molar-refractivity contribution is 8.14. The average Bonchev–Trinajstić information content (AvgIpc) is 2.58. The standard InChI is InChI=1S/C12H16N2S/c1-7-5-11(13)8(2)4-10(7)12-6-15-9(3)14-12/h4-5,12H,6,13H2,1-3H3. The molecule has 80 valence electrons. The maximum Gasteiger partial charge on any atom is 0.0855 e. The van der Waals surface area contributed by atoms with Crippen molar-refractivity contribution < 1.29 is 0 Å². The minimum Gasteiger partial charge on any atom is -0.399 e. The van der Waals surface area contributed by atoms with E-state index >= 15 is 0 Å². The van der Waals surface area contributed by atoms with E-state index in [-0.39, 0.29) is 0 Å². The molecule has 2 rings (SSSR count). The zero-order valence-electron chi connectivity index (χ0n) is 9.37. The first kappa shape index (κ1) is 10.6. The molecule has 1 aliphatic rings. The van der Waals surface area contributed by atoms with E-state index in [1.807, 2.05) is 11.8 Å². The summed E-state index contributed by atoms with van der Waals surface area (Å²) in [7, 11) is 0. The lowest BCUT2D eigenvalue weighted by Crippen LogP contribution is -2.01. The van der Waals surface area contributed by atoms with E-state index < -0.39 is 0 Å². The second-order valence-corrected chi connectivity index (χ2v) is 5.25. The quantitative estimate of drug-likeness (QED) is 0.739. The second-order valence-electron chi connectivity index (χ2n) is 4.04. The number of hydrogen-bond acceptors (Lipinski definition) is 3. The largest absolute Gasteiger partial charge is 0.399 e. The Morgan fingerprint density at radius 1 is 1.27 bits per heavy atom. The minimum absolute atomic E-state index is 0.328. The van der Waals surface area contributed by atoms with Gasteiger partial charge in [0.1, 0.15) is 0 Å². The van der Waals surface area contributed by atoms with Crippen LogP contribution in [0.25, 0.3) is 0 Å². The summed E-state index contributed by atoms with van der Waals surface area (Å²) in [6, 6.07) is 4.56. The number of thioether (sulfide) groups is 1. The van der Waals surface area contributed by atoms with E-state index in [1.54, 1.807) is 0 Å². The van der Waals surface area contributed by atoms with Gasteiger partial charge in [-0.3, -0.25) is 4.99 Å². The van der Waals surface area contributed by atoms with Gasteiger partial charge in [0.25, 0.3) is 0 Å². The van der Waals surface area contributed by atoms with E-state index in [9.17, 15) is 0 Å². The lowest BCUT2D eigenvalue weighted by molar-refractivity contribution is 0.838. The van der Waals surface area contributed by atoms with E-state index in [0.29, 0.717) is 6.04 Å². The molecule has 0 saturated heterocycles. The molecule has 0 fully saturated rings. The molecule has 0 aromatic heterocycles. The summed E-state index contributed by atoms with van der Waals surface area (Å²) in [5.74, 6) is 1.07. The van der Waals surface area contributed by atoms with E-state index in [1.165, 1.54) is 16.2 Å². The highest BCUT2D eigenvalue weighted by atomic mass is 32.2. The third-order valence-corrected chi connectivity index (χ3v) is 3.81. The molecule has 1 unspecified atom stereocenters. The highest BCUT2D eigenvalue weighted by Crippen LogP contribution is 2.33. The smallest absolute Gasteiger partial charge is 0.0855 e. The van der Waals surface area contributed by atoms with Crippen molar-refractivity contribution in [3.05, 3.63) is 28.8 Å². The number of aliphatic imine (C=N–C) groups is 1. The van der Waals surface area contributed by atoms with Crippen LogP contribution in [0.1, 0.15) is 29.7 Å². The third-order valence-electron chi connectivity index (χ3n) is 2.80. The van der Waals surface area contributed by atoms with Crippen molar-refractivity contribution in [2.75, 3.05) is 11.5 Å². The van der Waals surface area contributed by atoms with Gasteiger partial charge in [-0.2, -0.15) is 0 Å². The van der Waals surface area contributed by atoms with Crippen LogP contribution in [0.5, 0.6) is 0 Å². The van der Waals surface area contributed by atoms with Gasteiger partial charge in [0, 0.05) is 11.4 Å². The molecule has 1 heterocycles. The summed E-state index contributed by atoms with van der Waals surface area (Å²) in [5.41, 5.74) is 10.5. The Balaban J connectivity index is 2.40. The van der Waals surface area contributed by atoms with Crippen molar-refractivity contribution in [3.63, 3.8) is 0 Å². The SMILES string of the molecule is CC1=NC(c2cc(C)c(N)cc2C)CS1. The summed E-state index contributed by atoms with van der Waals surface area (Å²) >= 11 is 1.84. The molecule has 0 radical (unpaired) electrons. The van der Waals surface area contributed by atoms with Gasteiger partial charge in [-0.15, -0.1) is 11.8 Å². The summed E-state index contributed by atoms with van der Waals surface area (Å²) in [6.07, 6.45) is 0. The number of nitrogen functional groups attached to an aromatic ring is 1. The van der Waals surface area contributed by atoms with Crippen molar-refractivity contribution in [2.45, 2.75) is 26.8 Å². The maximum absolute atomic E-state index is 5.87. The summed E-state index contributed by atoms with van der Waals surface area (Å²) in [5, 5.41) is 1.19. The van der Waals surface area contributed by atoms with Crippen LogP contribution in [0, 0.1) is 13.8 Å². The molecule has 1 aromatic carbocycles. The molecule has 0 saturated carbocycles. The Bertz CT molecular complexity index is 424. The monoisotopic (exact) mass is 220 g/mol. The fraction of sp³-hybridized carbons (Fsp3) is 0.417. The second kappa shape index (κ2) is 3.89. The van der Waals surface area contributed by atoms with Crippen molar-refractivity contribution >= 4 is 22.5 Å². The van der Waals surface area contributed by atoms with E-state index in [2.05, 4.69) is 37.9 Å². The van der Waals surface area contributed by atoms with Crippen molar-refractivity contribution in [1.82, 2.24) is 0 Å². The molecule has 0 spiro atoms. The van der Waals surface area contributed by atoms with Crippen LogP contribution in [0.4, 0.5) is 5.69 Å². The molecule has 1 atom stereocenters. The number of nitrogens with zero attached hydrogens (tertiary/aromatic N) is 1. The Morgan fingerprint density at radius 2 is 2.00 bits per heavy atom. The van der Waals surface area contributed by atoms with Crippen LogP contribution in [0.15, 0.2) is 17.1 Å². The van der Waals surface area contributed by atoms with E-state index in [4.69, 9.17) is 5.73 Å². The molecular formula is C12H16N2S. The number of aryl methyl sites for hydroxylation is 2. The zero-order valence-corrected chi connectivity index (χ0v) is 10.2. The van der Waals surface area contributed by atoms with Gasteiger partial charge >= 0.3 is 0 Å². The van der Waals surface area contributed by atoms with Gasteiger partial charge in [-0.25, -0.2) is 0 Å². The number of nitrogens with two attached hydrogens (primary N) is 1. The number of hydrogen-bond donors (Lipinski definition) is 1. The van der Waals surface area contributed by atoms with Gasteiger partial charge in [-0.1, -0.05) is 6.07 Å². The van der Waals surface area contributed by atoms with Crippen molar-refractivity contribution in [3.8, 4) is 0 Å². The van der Waals surface area contributed by atoms with E-state index in [0.717, 1.165) is 17.0 Å². The van der Waals surface area contributed by atoms with Crippen LogP contribution in [-0.2, 0) is 0 Å². The topological polar surface area (TPSA) is 38.4 Å².